The van der Waals surface area contributed by atoms with Gasteiger partial charge >= 0.3 is 6.18 Å². The highest BCUT2D eigenvalue weighted by Gasteiger charge is 2.33. The van der Waals surface area contributed by atoms with E-state index in [0.717, 1.165) is 12.1 Å². The maximum atomic E-state index is 12.4. The van der Waals surface area contributed by atoms with Gasteiger partial charge in [-0.15, -0.1) is 0 Å². The van der Waals surface area contributed by atoms with Gasteiger partial charge in [-0.3, -0.25) is 0 Å². The molecule has 1 aromatic rings. The molecule has 17 heavy (non-hydrogen) atoms. The number of rotatable bonds is 4. The molecule has 0 aromatic carbocycles. The molecular weight excluding hydrogens is 235 g/mol. The second-order valence-electron chi connectivity index (χ2n) is 3.12. The smallest absolute Gasteiger partial charge is 0.383 e. The minimum absolute atomic E-state index is 0.0640. The molecule has 0 amide bonds. The molecule has 7 heteroatoms. The average Bonchev–Trinajstić information content (AvgIpc) is 2.28. The van der Waals surface area contributed by atoms with E-state index in [1.165, 1.54) is 7.11 Å². The van der Waals surface area contributed by atoms with Crippen molar-refractivity contribution in [3.8, 4) is 6.07 Å². The molecular formula is C10H10F3N3O. The van der Waals surface area contributed by atoms with Gasteiger partial charge in [0.25, 0.3) is 0 Å². The fourth-order valence-electron chi connectivity index (χ4n) is 1.11. The van der Waals surface area contributed by atoms with E-state index in [0.29, 0.717) is 6.61 Å². The van der Waals surface area contributed by atoms with Crippen LogP contribution < -0.4 is 5.32 Å². The third kappa shape index (κ3) is 3.60. The third-order valence-corrected chi connectivity index (χ3v) is 1.90. The van der Waals surface area contributed by atoms with Crippen molar-refractivity contribution < 1.29 is 17.9 Å². The van der Waals surface area contributed by atoms with Crippen LogP contribution >= 0.6 is 0 Å². The first-order valence-corrected chi connectivity index (χ1v) is 4.70. The summed E-state index contributed by atoms with van der Waals surface area (Å²) in [6.07, 6.45) is -4.52. The molecule has 0 bridgehead atoms. The highest BCUT2D eigenvalue weighted by atomic mass is 19.4. The second-order valence-corrected chi connectivity index (χ2v) is 3.12. The van der Waals surface area contributed by atoms with Crippen LogP contribution in [0.4, 0.5) is 19.0 Å². The lowest BCUT2D eigenvalue weighted by Gasteiger charge is -2.10. The van der Waals surface area contributed by atoms with Gasteiger partial charge in [-0.1, -0.05) is 0 Å². The normalized spacial score (nSPS) is 11.0. The number of nitriles is 1. The van der Waals surface area contributed by atoms with Gasteiger partial charge in [0.15, 0.2) is 0 Å². The molecule has 0 saturated carbocycles. The van der Waals surface area contributed by atoms with Gasteiger partial charge in [-0.25, -0.2) is 4.98 Å². The molecule has 0 aliphatic carbocycles. The summed E-state index contributed by atoms with van der Waals surface area (Å²) in [4.78, 5) is 3.37. The van der Waals surface area contributed by atoms with Gasteiger partial charge < -0.3 is 10.1 Å². The van der Waals surface area contributed by atoms with Crippen LogP contribution in [0.25, 0.3) is 0 Å². The minimum Gasteiger partial charge on any atom is -0.383 e. The van der Waals surface area contributed by atoms with Crippen molar-refractivity contribution in [1.29, 1.82) is 5.26 Å². The first kappa shape index (κ1) is 13.3. The number of hydrogen-bond donors (Lipinski definition) is 1. The van der Waals surface area contributed by atoms with E-state index >= 15 is 0 Å². The Balaban J connectivity index is 2.96. The van der Waals surface area contributed by atoms with Gasteiger partial charge in [0.2, 0.25) is 0 Å². The Hall–Kier alpha value is -1.81. The van der Waals surface area contributed by atoms with Crippen molar-refractivity contribution in [3.05, 3.63) is 23.4 Å². The van der Waals surface area contributed by atoms with Crippen molar-refractivity contribution in [2.24, 2.45) is 0 Å². The number of ether oxygens (including phenoxy) is 1. The van der Waals surface area contributed by atoms with Crippen LogP contribution in [0.1, 0.15) is 11.3 Å². The van der Waals surface area contributed by atoms with Gasteiger partial charge in [0.05, 0.1) is 12.2 Å². The maximum absolute atomic E-state index is 12.4. The number of halogens is 3. The van der Waals surface area contributed by atoms with Gasteiger partial charge in [0, 0.05) is 13.7 Å². The van der Waals surface area contributed by atoms with Gasteiger partial charge in [-0.05, 0) is 12.1 Å². The zero-order chi connectivity index (χ0) is 12.9. The molecule has 1 N–H and O–H groups in total. The molecule has 4 nitrogen and oxygen atoms in total. The van der Waals surface area contributed by atoms with Crippen LogP contribution in [-0.4, -0.2) is 25.2 Å². The molecule has 0 radical (unpaired) electrons. The van der Waals surface area contributed by atoms with Crippen LogP contribution in [0.15, 0.2) is 12.1 Å². The number of methoxy groups -OCH3 is 1. The van der Waals surface area contributed by atoms with Crippen molar-refractivity contribution in [2.75, 3.05) is 25.6 Å². The lowest BCUT2D eigenvalue weighted by Crippen LogP contribution is -2.14. The van der Waals surface area contributed by atoms with E-state index in [9.17, 15) is 13.2 Å². The van der Waals surface area contributed by atoms with E-state index in [4.69, 9.17) is 10.00 Å². The number of aromatic nitrogens is 1. The van der Waals surface area contributed by atoms with Gasteiger partial charge in [0.1, 0.15) is 17.6 Å². The summed E-state index contributed by atoms with van der Waals surface area (Å²) in [5.41, 5.74) is -0.967. The van der Waals surface area contributed by atoms with E-state index < -0.39 is 11.9 Å². The molecule has 1 aromatic heterocycles. The predicted molar refractivity (Wildman–Crippen MR) is 54.3 cm³/mol. The Morgan fingerprint density at radius 3 is 2.71 bits per heavy atom. The monoisotopic (exact) mass is 245 g/mol. The largest absolute Gasteiger partial charge is 0.433 e. The molecule has 0 spiro atoms. The summed E-state index contributed by atoms with van der Waals surface area (Å²) in [5, 5.41) is 11.3. The summed E-state index contributed by atoms with van der Waals surface area (Å²) in [6, 6.07) is 3.63. The van der Waals surface area contributed by atoms with Crippen molar-refractivity contribution >= 4 is 5.82 Å². The highest BCUT2D eigenvalue weighted by Crippen LogP contribution is 2.29. The lowest BCUT2D eigenvalue weighted by molar-refractivity contribution is -0.141. The molecule has 0 saturated heterocycles. The Morgan fingerprint density at radius 2 is 2.18 bits per heavy atom. The molecule has 92 valence electrons. The van der Waals surface area contributed by atoms with Crippen LogP contribution in [0.5, 0.6) is 0 Å². The lowest BCUT2D eigenvalue weighted by atomic mass is 10.2. The molecule has 1 heterocycles. The van der Waals surface area contributed by atoms with Crippen LogP contribution in [0, 0.1) is 11.3 Å². The zero-order valence-corrected chi connectivity index (χ0v) is 9.01. The fraction of sp³-hybridized carbons (Fsp3) is 0.400. The quantitative estimate of drug-likeness (QED) is 0.824. The molecule has 0 unspecified atom stereocenters. The SMILES string of the molecule is COCCNc1nc(C(F)(F)F)ccc1C#N. The van der Waals surface area contributed by atoms with Crippen molar-refractivity contribution in [2.45, 2.75) is 6.18 Å². The second kappa shape index (κ2) is 5.50. The van der Waals surface area contributed by atoms with Crippen LogP contribution in [0.2, 0.25) is 0 Å². The standard InChI is InChI=1S/C10H10F3N3O/c1-17-5-4-15-9-7(6-14)2-3-8(16-9)10(11,12)13/h2-3H,4-5H2,1H3,(H,15,16). The summed E-state index contributed by atoms with van der Waals surface area (Å²) >= 11 is 0. The average molecular weight is 245 g/mol. The van der Waals surface area contributed by atoms with E-state index in [-0.39, 0.29) is 17.9 Å². The zero-order valence-electron chi connectivity index (χ0n) is 9.01. The molecule has 0 aliphatic heterocycles. The van der Waals surface area contributed by atoms with E-state index in [1.54, 1.807) is 6.07 Å². The Kier molecular flexibility index (Phi) is 4.29. The predicted octanol–water partition coefficient (Wildman–Crippen LogP) is 2.03. The van der Waals surface area contributed by atoms with Crippen molar-refractivity contribution in [1.82, 2.24) is 4.98 Å². The summed E-state index contributed by atoms with van der Waals surface area (Å²) in [6.45, 7) is 0.586. The molecule has 0 fully saturated rings. The minimum atomic E-state index is -4.52. The first-order valence-electron chi connectivity index (χ1n) is 4.70. The summed E-state index contributed by atoms with van der Waals surface area (Å²) < 4.78 is 41.9. The van der Waals surface area contributed by atoms with Gasteiger partial charge in [-0.2, -0.15) is 18.4 Å². The molecule has 0 aliphatic rings. The topological polar surface area (TPSA) is 57.9 Å². The maximum Gasteiger partial charge on any atom is 0.433 e. The third-order valence-electron chi connectivity index (χ3n) is 1.90. The molecule has 1 rings (SSSR count). The molecule has 0 atom stereocenters. The number of pyridine rings is 1. The summed E-state index contributed by atoms with van der Waals surface area (Å²) in [5.74, 6) is -0.0839. The van der Waals surface area contributed by atoms with E-state index in [2.05, 4.69) is 10.3 Å². The van der Waals surface area contributed by atoms with Crippen LogP contribution in [0.3, 0.4) is 0 Å². The number of nitrogens with one attached hydrogen (secondary N) is 1. The summed E-state index contributed by atoms with van der Waals surface area (Å²) in [7, 11) is 1.46. The highest BCUT2D eigenvalue weighted by molar-refractivity contribution is 5.52. The first-order chi connectivity index (χ1) is 7.99. The van der Waals surface area contributed by atoms with Crippen molar-refractivity contribution in [3.63, 3.8) is 0 Å². The Morgan fingerprint density at radius 1 is 1.47 bits per heavy atom. The Labute approximate surface area is 96.0 Å². The number of hydrogen-bond acceptors (Lipinski definition) is 4. The van der Waals surface area contributed by atoms with E-state index in [1.807, 2.05) is 0 Å². The number of nitrogens with zero attached hydrogens (tertiary/aromatic N) is 2. The number of anilines is 1. The fourth-order valence-corrected chi connectivity index (χ4v) is 1.11. The van der Waals surface area contributed by atoms with Crippen LogP contribution in [-0.2, 0) is 10.9 Å². The Bertz CT molecular complexity index is 426. The number of alkyl halides is 3.